The molecule has 2 atom stereocenters. The highest BCUT2D eigenvalue weighted by Crippen LogP contribution is 2.26. The van der Waals surface area contributed by atoms with Gasteiger partial charge in [0.25, 0.3) is 5.91 Å². The highest BCUT2D eigenvalue weighted by atomic mass is 16.5. The maximum absolute atomic E-state index is 12.5. The number of fused-ring (bicyclic) bond motifs is 1. The van der Waals surface area contributed by atoms with Crippen molar-refractivity contribution in [3.63, 3.8) is 0 Å². The number of carbonyl (C=O) groups is 1. The molecule has 0 unspecified atom stereocenters. The summed E-state index contributed by atoms with van der Waals surface area (Å²) < 4.78 is 5.94. The minimum Gasteiger partial charge on any atom is -0.480 e. The first kappa shape index (κ1) is 18.0. The van der Waals surface area contributed by atoms with Gasteiger partial charge < -0.3 is 10.1 Å². The van der Waals surface area contributed by atoms with Crippen LogP contribution in [-0.4, -0.2) is 18.1 Å². The van der Waals surface area contributed by atoms with Gasteiger partial charge in [-0.1, -0.05) is 66.7 Å². The molecule has 0 aliphatic rings. The summed E-state index contributed by atoms with van der Waals surface area (Å²) in [5.74, 6) is 0.654. The average molecular weight is 347 g/mol. The van der Waals surface area contributed by atoms with E-state index in [-0.39, 0.29) is 11.9 Å². The predicted octanol–water partition coefficient (Wildman–Crippen LogP) is 4.74. The Hall–Kier alpha value is -2.81. The minimum atomic E-state index is -0.542. The van der Waals surface area contributed by atoms with Crippen LogP contribution < -0.4 is 10.1 Å². The number of carbonyl (C=O) groups excluding carboxylic acids is 1. The molecule has 3 heteroatoms. The Morgan fingerprint density at radius 1 is 0.923 bits per heavy atom. The highest BCUT2D eigenvalue weighted by Gasteiger charge is 2.17. The fourth-order valence-corrected chi connectivity index (χ4v) is 3.00. The van der Waals surface area contributed by atoms with E-state index in [2.05, 4.69) is 17.4 Å². The summed E-state index contributed by atoms with van der Waals surface area (Å²) in [6.45, 7) is 3.83. The third kappa shape index (κ3) is 4.63. The maximum atomic E-state index is 12.5. The molecule has 0 saturated carbocycles. The second-order valence-corrected chi connectivity index (χ2v) is 6.67. The summed E-state index contributed by atoms with van der Waals surface area (Å²) in [7, 11) is 0. The van der Waals surface area contributed by atoms with Gasteiger partial charge in [-0.05, 0) is 43.7 Å². The van der Waals surface area contributed by atoms with Crippen LogP contribution in [0.2, 0.25) is 0 Å². The lowest BCUT2D eigenvalue weighted by Gasteiger charge is -2.19. The Bertz CT molecular complexity index is 855. The quantitative estimate of drug-likeness (QED) is 0.670. The van der Waals surface area contributed by atoms with E-state index in [1.165, 1.54) is 5.56 Å². The van der Waals surface area contributed by atoms with Crippen LogP contribution in [0.1, 0.15) is 25.8 Å². The van der Waals surface area contributed by atoms with Gasteiger partial charge in [0.05, 0.1) is 0 Å². The van der Waals surface area contributed by atoms with Crippen LogP contribution in [0.3, 0.4) is 0 Å². The zero-order valence-corrected chi connectivity index (χ0v) is 15.3. The summed E-state index contributed by atoms with van der Waals surface area (Å²) in [5.41, 5.74) is 1.29. The van der Waals surface area contributed by atoms with Crippen LogP contribution >= 0.6 is 0 Å². The van der Waals surface area contributed by atoms with Crippen molar-refractivity contribution >= 4 is 16.7 Å². The molecular weight excluding hydrogens is 322 g/mol. The van der Waals surface area contributed by atoms with Gasteiger partial charge in [0.15, 0.2) is 6.10 Å². The molecule has 1 amide bonds. The molecule has 0 spiro atoms. The predicted molar refractivity (Wildman–Crippen MR) is 106 cm³/mol. The Morgan fingerprint density at radius 2 is 1.62 bits per heavy atom. The first-order valence-corrected chi connectivity index (χ1v) is 9.12. The van der Waals surface area contributed by atoms with E-state index in [0.29, 0.717) is 0 Å². The van der Waals surface area contributed by atoms with Gasteiger partial charge in [-0.2, -0.15) is 0 Å². The number of amides is 1. The number of benzene rings is 3. The van der Waals surface area contributed by atoms with Gasteiger partial charge in [0, 0.05) is 11.4 Å². The van der Waals surface area contributed by atoms with E-state index in [1.807, 2.05) is 67.6 Å². The van der Waals surface area contributed by atoms with Gasteiger partial charge in [-0.3, -0.25) is 4.79 Å². The zero-order chi connectivity index (χ0) is 18.4. The third-order valence-corrected chi connectivity index (χ3v) is 4.52. The van der Waals surface area contributed by atoms with Gasteiger partial charge in [-0.15, -0.1) is 0 Å². The fourth-order valence-electron chi connectivity index (χ4n) is 3.00. The van der Waals surface area contributed by atoms with Gasteiger partial charge in [0.1, 0.15) is 5.75 Å². The number of aryl methyl sites for hydroxylation is 1. The molecular formula is C23H25NO2. The summed E-state index contributed by atoms with van der Waals surface area (Å²) in [5, 5.41) is 5.18. The number of rotatable bonds is 7. The normalized spacial score (nSPS) is 13.2. The Morgan fingerprint density at radius 3 is 2.42 bits per heavy atom. The molecule has 0 heterocycles. The molecule has 1 N–H and O–H groups in total. The number of hydrogen-bond donors (Lipinski definition) is 1. The molecule has 0 aromatic heterocycles. The highest BCUT2D eigenvalue weighted by molar-refractivity contribution is 5.89. The van der Waals surface area contributed by atoms with Gasteiger partial charge >= 0.3 is 0 Å². The summed E-state index contributed by atoms with van der Waals surface area (Å²) in [4.78, 5) is 12.5. The Kier molecular flexibility index (Phi) is 5.90. The first-order chi connectivity index (χ1) is 12.6. The first-order valence-electron chi connectivity index (χ1n) is 9.12. The number of ether oxygens (including phenoxy) is 1. The van der Waals surface area contributed by atoms with Crippen molar-refractivity contribution in [3.05, 3.63) is 78.4 Å². The molecule has 0 aliphatic heterocycles. The van der Waals surface area contributed by atoms with Crippen molar-refractivity contribution in [2.75, 3.05) is 0 Å². The molecule has 3 aromatic rings. The van der Waals surface area contributed by atoms with Gasteiger partial charge in [-0.25, -0.2) is 0 Å². The Balaban J connectivity index is 1.55. The van der Waals surface area contributed by atoms with Gasteiger partial charge in [0.2, 0.25) is 0 Å². The molecule has 0 aliphatic carbocycles. The molecule has 26 heavy (non-hydrogen) atoms. The SMILES string of the molecule is C[C@H](Oc1cccc2ccccc12)C(=O)N[C@@H](C)CCc1ccccc1. The third-order valence-electron chi connectivity index (χ3n) is 4.52. The number of nitrogens with one attached hydrogen (secondary N) is 1. The number of hydrogen-bond acceptors (Lipinski definition) is 2. The second kappa shape index (κ2) is 8.52. The van der Waals surface area contributed by atoms with E-state index in [9.17, 15) is 4.79 Å². The van der Waals surface area contributed by atoms with Crippen LogP contribution in [0.4, 0.5) is 0 Å². The fraction of sp³-hybridized carbons (Fsp3) is 0.261. The van der Waals surface area contributed by atoms with Crippen molar-refractivity contribution in [1.82, 2.24) is 5.32 Å². The van der Waals surface area contributed by atoms with Crippen molar-refractivity contribution in [2.24, 2.45) is 0 Å². The molecule has 0 saturated heterocycles. The molecule has 3 nitrogen and oxygen atoms in total. The monoisotopic (exact) mass is 347 g/mol. The van der Waals surface area contributed by atoms with Crippen molar-refractivity contribution < 1.29 is 9.53 Å². The van der Waals surface area contributed by atoms with Crippen molar-refractivity contribution in [2.45, 2.75) is 38.8 Å². The van der Waals surface area contributed by atoms with E-state index in [4.69, 9.17) is 4.74 Å². The molecule has 0 fully saturated rings. The van der Waals surface area contributed by atoms with Crippen LogP contribution in [0.15, 0.2) is 72.8 Å². The molecule has 134 valence electrons. The average Bonchev–Trinajstić information content (AvgIpc) is 2.67. The maximum Gasteiger partial charge on any atom is 0.260 e. The lowest BCUT2D eigenvalue weighted by Crippen LogP contribution is -2.41. The van der Waals surface area contributed by atoms with E-state index >= 15 is 0 Å². The second-order valence-electron chi connectivity index (χ2n) is 6.67. The molecule has 3 rings (SSSR count). The molecule has 3 aromatic carbocycles. The van der Waals surface area contributed by atoms with Crippen LogP contribution in [0.25, 0.3) is 10.8 Å². The smallest absolute Gasteiger partial charge is 0.260 e. The van der Waals surface area contributed by atoms with Crippen LogP contribution in [-0.2, 0) is 11.2 Å². The summed E-state index contributed by atoms with van der Waals surface area (Å²) >= 11 is 0. The summed E-state index contributed by atoms with van der Waals surface area (Å²) in [6, 6.07) is 24.3. The minimum absolute atomic E-state index is 0.0847. The lowest BCUT2D eigenvalue weighted by molar-refractivity contribution is -0.127. The van der Waals surface area contributed by atoms with E-state index < -0.39 is 6.10 Å². The summed E-state index contributed by atoms with van der Waals surface area (Å²) in [6.07, 6.45) is 1.30. The Labute approximate surface area is 155 Å². The largest absolute Gasteiger partial charge is 0.480 e. The lowest BCUT2D eigenvalue weighted by atomic mass is 10.1. The molecule has 0 radical (unpaired) electrons. The van der Waals surface area contributed by atoms with Crippen LogP contribution in [0.5, 0.6) is 5.75 Å². The van der Waals surface area contributed by atoms with Crippen molar-refractivity contribution in [3.8, 4) is 5.75 Å². The van der Waals surface area contributed by atoms with Crippen LogP contribution in [0, 0.1) is 0 Å². The van der Waals surface area contributed by atoms with E-state index in [1.54, 1.807) is 6.92 Å². The standard InChI is InChI=1S/C23H25NO2/c1-17(15-16-19-9-4-3-5-10-19)24-23(25)18(2)26-22-14-8-12-20-11-6-7-13-21(20)22/h3-14,17-18H,15-16H2,1-2H3,(H,24,25)/t17-,18-/m0/s1. The topological polar surface area (TPSA) is 38.3 Å². The molecule has 0 bridgehead atoms. The van der Waals surface area contributed by atoms with Crippen molar-refractivity contribution in [1.29, 1.82) is 0 Å². The zero-order valence-electron chi connectivity index (χ0n) is 15.3. The van der Waals surface area contributed by atoms with E-state index in [0.717, 1.165) is 29.4 Å².